The Morgan fingerprint density at radius 2 is 1.02 bits per heavy atom. The number of para-hydroxylation sites is 4. The quantitative estimate of drug-likeness (QED) is 0.112. The first-order valence-corrected chi connectivity index (χ1v) is 21.6. The molecule has 6 heteroatoms. The van der Waals surface area contributed by atoms with Crippen molar-refractivity contribution < 1.29 is 30.4 Å². The maximum Gasteiger partial charge on any atom is 4.00 e. The number of ether oxygens (including phenoxy) is 1. The predicted molar refractivity (Wildman–Crippen MR) is 258 cm³/mol. The topological polar surface area (TPSA) is 24.5 Å². The summed E-state index contributed by atoms with van der Waals surface area (Å²) in [4.78, 5) is 4.50. The van der Waals surface area contributed by atoms with Gasteiger partial charge in [-0.05, 0) is 68.6 Å². The molecule has 0 unspecified atom stereocenters. The van der Waals surface area contributed by atoms with Gasteiger partial charge in [0.25, 0.3) is 6.33 Å². The maximum atomic E-state index is 6.60. The fourth-order valence-corrected chi connectivity index (χ4v) is 8.40. The molecule has 5 nitrogen and oxygen atoms in total. The zero-order chi connectivity index (χ0) is 43.3. The van der Waals surface area contributed by atoms with E-state index < -0.39 is 0 Å². The molecule has 316 valence electrons. The first-order chi connectivity index (χ1) is 30.5. The molecule has 0 atom stereocenters. The van der Waals surface area contributed by atoms with E-state index in [1.807, 2.05) is 30.3 Å². The van der Waals surface area contributed by atoms with E-state index in [0.29, 0.717) is 11.5 Å². The van der Waals surface area contributed by atoms with Gasteiger partial charge >= 0.3 is 21.1 Å². The van der Waals surface area contributed by atoms with Gasteiger partial charge in [-0.1, -0.05) is 163 Å². The summed E-state index contributed by atoms with van der Waals surface area (Å²) >= 11 is 0. The van der Waals surface area contributed by atoms with Gasteiger partial charge in [0, 0.05) is 34.1 Å². The van der Waals surface area contributed by atoms with Gasteiger partial charge in [0.05, 0.1) is 16.7 Å². The smallest absolute Gasteiger partial charge is 0.510 e. The summed E-state index contributed by atoms with van der Waals surface area (Å²) < 4.78 is 10.9. The molecule has 0 radical (unpaired) electrons. The number of hydrogen-bond acceptors (Lipinski definition) is 3. The van der Waals surface area contributed by atoms with Crippen LogP contribution in [0.4, 0.5) is 22.7 Å². The summed E-state index contributed by atoms with van der Waals surface area (Å²) in [7, 11) is 0. The number of benzene rings is 8. The Morgan fingerprint density at radius 1 is 0.484 bits per heavy atom. The minimum atomic E-state index is -0.0316. The Labute approximate surface area is 392 Å². The van der Waals surface area contributed by atoms with Gasteiger partial charge in [-0.15, -0.1) is 42.7 Å². The Kier molecular flexibility index (Phi) is 11.4. The third-order valence-corrected chi connectivity index (χ3v) is 11.8. The normalized spacial score (nSPS) is 12.6. The van der Waals surface area contributed by atoms with Gasteiger partial charge in [-0.25, -0.2) is 0 Å². The van der Waals surface area contributed by atoms with Crippen molar-refractivity contribution in [2.24, 2.45) is 0 Å². The van der Waals surface area contributed by atoms with Crippen LogP contribution in [0.2, 0.25) is 0 Å². The van der Waals surface area contributed by atoms with Crippen LogP contribution in [-0.4, -0.2) is 4.57 Å². The van der Waals surface area contributed by atoms with Gasteiger partial charge in [-0.2, -0.15) is 18.2 Å². The van der Waals surface area contributed by atoms with E-state index in [4.69, 9.17) is 4.74 Å². The monoisotopic (exact) mass is 1010 g/mol. The second-order valence-corrected chi connectivity index (χ2v) is 18.2. The molecule has 0 fully saturated rings. The van der Waals surface area contributed by atoms with Crippen molar-refractivity contribution in [1.82, 2.24) is 4.57 Å². The van der Waals surface area contributed by atoms with Crippen molar-refractivity contribution in [3.05, 3.63) is 218 Å². The van der Waals surface area contributed by atoms with E-state index in [9.17, 15) is 0 Å². The molecule has 0 bridgehead atoms. The number of fused-ring (bicyclic) bond motifs is 2. The van der Waals surface area contributed by atoms with E-state index in [-0.39, 0.29) is 31.9 Å². The van der Waals surface area contributed by atoms with E-state index in [2.05, 4.69) is 237 Å². The molecule has 0 aliphatic carbocycles. The minimum absolute atomic E-state index is 0. The summed E-state index contributed by atoms with van der Waals surface area (Å²) in [5, 5.41) is 0. The van der Waals surface area contributed by atoms with Crippen LogP contribution in [0, 0.1) is 25.1 Å². The number of hydrogen-bond donors (Lipinski definition) is 0. The van der Waals surface area contributed by atoms with Gasteiger partial charge in [0.1, 0.15) is 0 Å². The maximum absolute atomic E-state index is 6.60. The van der Waals surface area contributed by atoms with Crippen LogP contribution in [0.15, 0.2) is 182 Å². The third kappa shape index (κ3) is 8.17. The molecule has 1 aromatic heterocycles. The zero-order valence-corrected chi connectivity index (χ0v) is 39.2. The first-order valence-electron chi connectivity index (χ1n) is 21.6. The fourth-order valence-electron chi connectivity index (χ4n) is 8.40. The molecule has 0 N–H and O–H groups in total. The Bertz CT molecular complexity index is 3110. The van der Waals surface area contributed by atoms with Crippen LogP contribution in [0.1, 0.15) is 52.7 Å². The molecule has 0 amide bonds. The van der Waals surface area contributed by atoms with Crippen LogP contribution < -0.4 is 19.1 Å². The predicted octanol–water partition coefficient (Wildman–Crippen LogP) is 14.4. The number of rotatable bonds is 8. The SMILES string of the molecule is CC(C)(C)c1ccc(-c2ccccc2)c(N2[CH-]N(c3[c-]c(Oc4[c-]c(-n5[c-][n+](-c6cc(C(C)(C)C)ccc6-c6ccccc6)c6ccccc65)ccc4)ccc3)c3ccccc32)c1.[Pt+4]. The van der Waals surface area contributed by atoms with Crippen molar-refractivity contribution in [3.8, 4) is 45.1 Å². The molecule has 8 aromatic carbocycles. The van der Waals surface area contributed by atoms with Gasteiger partial charge in [-0.3, -0.25) is 4.57 Å². The van der Waals surface area contributed by atoms with Crippen LogP contribution in [0.3, 0.4) is 0 Å². The first kappa shape index (κ1) is 42.6. The van der Waals surface area contributed by atoms with Gasteiger partial charge in [0.15, 0.2) is 0 Å². The minimum Gasteiger partial charge on any atom is -0.510 e. The Morgan fingerprint density at radius 3 is 1.67 bits per heavy atom. The van der Waals surface area contributed by atoms with Crippen molar-refractivity contribution in [2.45, 2.75) is 52.4 Å². The molecule has 0 saturated heterocycles. The summed E-state index contributed by atoms with van der Waals surface area (Å²) in [6.07, 6.45) is 3.72. The molecule has 0 spiro atoms. The van der Waals surface area contributed by atoms with Crippen LogP contribution >= 0.6 is 0 Å². The second kappa shape index (κ2) is 17.1. The molecule has 10 rings (SSSR count). The van der Waals surface area contributed by atoms with Crippen molar-refractivity contribution >= 4 is 33.8 Å². The molecule has 64 heavy (non-hydrogen) atoms. The second-order valence-electron chi connectivity index (χ2n) is 18.2. The fraction of sp³-hybridized carbons (Fsp3) is 0.138. The summed E-state index contributed by atoms with van der Waals surface area (Å²) in [6.45, 7) is 15.7. The standard InChI is InChI=1S/C58H49N4O.Pt/c1-57(2,3)43-31-33-49(41-19-9-7-10-20-41)55(35-43)61-39-59(51-27-13-15-29-53(51)61)45-23-17-25-47(37-45)63-48-26-18-24-46(38-48)60-40-62(54-30-16-14-28-52(54)60)56-36-44(58(4,5)6)32-34-50(56)42-21-11-8-12-22-42;/h7-36,39H,1-6H3;/q-3;+4. The van der Waals surface area contributed by atoms with Crippen molar-refractivity contribution in [2.75, 3.05) is 9.80 Å². The van der Waals surface area contributed by atoms with Gasteiger partial charge < -0.3 is 19.1 Å². The van der Waals surface area contributed by atoms with Crippen molar-refractivity contribution in [3.63, 3.8) is 0 Å². The van der Waals surface area contributed by atoms with E-state index in [1.165, 1.54) is 22.3 Å². The Balaban J connectivity index is 0.00000518. The van der Waals surface area contributed by atoms with Crippen LogP contribution in [0.5, 0.6) is 11.5 Å². The average molecular weight is 1010 g/mol. The van der Waals surface area contributed by atoms with Crippen LogP contribution in [-0.2, 0) is 31.9 Å². The summed E-state index contributed by atoms with van der Waals surface area (Å²) in [6, 6.07) is 71.0. The van der Waals surface area contributed by atoms with E-state index >= 15 is 0 Å². The molecular formula is C58H49N4OPt+. The van der Waals surface area contributed by atoms with Crippen molar-refractivity contribution in [1.29, 1.82) is 0 Å². The zero-order valence-electron chi connectivity index (χ0n) is 36.9. The molecule has 1 aliphatic heterocycles. The van der Waals surface area contributed by atoms with Gasteiger partial charge in [0.2, 0.25) is 0 Å². The molecule has 9 aromatic rings. The number of aromatic nitrogens is 2. The van der Waals surface area contributed by atoms with E-state index in [1.54, 1.807) is 0 Å². The Hall–Kier alpha value is -6.68. The van der Waals surface area contributed by atoms with Crippen LogP contribution in [0.25, 0.3) is 44.7 Å². The molecule has 0 saturated carbocycles. The third-order valence-electron chi connectivity index (χ3n) is 11.8. The number of anilines is 4. The summed E-state index contributed by atoms with van der Waals surface area (Å²) in [5.41, 5.74) is 15.2. The molecule has 1 aliphatic rings. The summed E-state index contributed by atoms with van der Waals surface area (Å²) in [5.74, 6) is 1.17. The molecule has 2 heterocycles. The number of nitrogens with zero attached hydrogens (tertiary/aromatic N) is 4. The largest absolute Gasteiger partial charge is 4.00 e. The average Bonchev–Trinajstić information content (AvgIpc) is 3.89. The van der Waals surface area contributed by atoms with E-state index in [0.717, 1.165) is 56.3 Å². The molecular weight excluding hydrogens is 964 g/mol. The number of imidazole rings is 1.